The Morgan fingerprint density at radius 2 is 1.88 bits per heavy atom. The van der Waals surface area contributed by atoms with Gasteiger partial charge in [-0.25, -0.2) is 13.1 Å². The summed E-state index contributed by atoms with van der Waals surface area (Å²) in [4.78, 5) is 0. The highest BCUT2D eigenvalue weighted by molar-refractivity contribution is 7.89. The van der Waals surface area contributed by atoms with Gasteiger partial charge in [-0.2, -0.15) is 0 Å². The van der Waals surface area contributed by atoms with Crippen molar-refractivity contribution in [1.82, 2.24) is 4.72 Å². The smallest absolute Gasteiger partial charge is 0.211 e. The molecule has 5 heteroatoms. The summed E-state index contributed by atoms with van der Waals surface area (Å²) in [5, 5.41) is 0. The maximum Gasteiger partial charge on any atom is 0.211 e. The van der Waals surface area contributed by atoms with Crippen LogP contribution < -0.4 is 9.46 Å². The first kappa shape index (κ1) is 14.0. The Hall–Kier alpha value is -1.07. The SMILES string of the molecule is CCS(=O)(=O)N[C@@H](C)COc1ccc(C)cc1. The molecule has 0 saturated heterocycles. The highest BCUT2D eigenvalue weighted by Crippen LogP contribution is 2.11. The number of ether oxygens (including phenoxy) is 1. The van der Waals surface area contributed by atoms with Crippen molar-refractivity contribution in [1.29, 1.82) is 0 Å². The molecule has 0 spiro atoms. The minimum atomic E-state index is -3.16. The van der Waals surface area contributed by atoms with E-state index in [4.69, 9.17) is 4.74 Å². The number of hydrogen-bond acceptors (Lipinski definition) is 3. The van der Waals surface area contributed by atoms with Crippen molar-refractivity contribution < 1.29 is 13.2 Å². The Morgan fingerprint density at radius 3 is 2.41 bits per heavy atom. The zero-order valence-corrected chi connectivity index (χ0v) is 11.3. The van der Waals surface area contributed by atoms with Crippen molar-refractivity contribution in [2.75, 3.05) is 12.4 Å². The molecule has 0 radical (unpaired) electrons. The minimum Gasteiger partial charge on any atom is -0.492 e. The number of hydrogen-bond donors (Lipinski definition) is 1. The standard InChI is InChI=1S/C12H19NO3S/c1-4-17(14,15)13-11(3)9-16-12-7-5-10(2)6-8-12/h5-8,11,13H,4,9H2,1-3H3/t11-/m0/s1. The summed E-state index contributed by atoms with van der Waals surface area (Å²) in [5.41, 5.74) is 1.16. The van der Waals surface area contributed by atoms with Gasteiger partial charge in [0.15, 0.2) is 0 Å². The Labute approximate surface area is 103 Å². The maximum absolute atomic E-state index is 11.3. The average Bonchev–Trinajstić information content (AvgIpc) is 2.28. The van der Waals surface area contributed by atoms with Gasteiger partial charge >= 0.3 is 0 Å². The molecule has 1 rings (SSSR count). The average molecular weight is 257 g/mol. The van der Waals surface area contributed by atoms with Crippen LogP contribution in [0.25, 0.3) is 0 Å². The third-order valence-electron chi connectivity index (χ3n) is 2.28. The predicted molar refractivity (Wildman–Crippen MR) is 68.7 cm³/mol. The predicted octanol–water partition coefficient (Wildman–Crippen LogP) is 1.70. The molecule has 0 aliphatic rings. The molecule has 0 saturated carbocycles. The van der Waals surface area contributed by atoms with Gasteiger partial charge in [-0.1, -0.05) is 17.7 Å². The van der Waals surface area contributed by atoms with Crippen LogP contribution in [0, 0.1) is 6.92 Å². The Bertz CT molecular complexity index is 439. The van der Waals surface area contributed by atoms with E-state index in [1.54, 1.807) is 13.8 Å². The molecular formula is C12H19NO3S. The van der Waals surface area contributed by atoms with E-state index in [0.29, 0.717) is 6.61 Å². The molecule has 1 aromatic carbocycles. The quantitative estimate of drug-likeness (QED) is 0.844. The first-order valence-corrected chi connectivity index (χ1v) is 7.27. The fourth-order valence-corrected chi connectivity index (χ4v) is 2.13. The zero-order valence-electron chi connectivity index (χ0n) is 10.4. The van der Waals surface area contributed by atoms with Crippen molar-refractivity contribution in [3.05, 3.63) is 29.8 Å². The van der Waals surface area contributed by atoms with Gasteiger partial charge in [-0.15, -0.1) is 0 Å². The van der Waals surface area contributed by atoms with E-state index >= 15 is 0 Å². The van der Waals surface area contributed by atoms with Gasteiger partial charge in [0, 0.05) is 0 Å². The fourth-order valence-electron chi connectivity index (χ4n) is 1.28. The summed E-state index contributed by atoms with van der Waals surface area (Å²) < 4.78 is 30.6. The van der Waals surface area contributed by atoms with Crippen LogP contribution in [0.2, 0.25) is 0 Å². The number of benzene rings is 1. The van der Waals surface area contributed by atoms with Crippen molar-refractivity contribution in [3.8, 4) is 5.75 Å². The lowest BCUT2D eigenvalue weighted by Crippen LogP contribution is -2.37. The second-order valence-electron chi connectivity index (χ2n) is 4.05. The van der Waals surface area contributed by atoms with E-state index in [1.807, 2.05) is 31.2 Å². The molecule has 0 aliphatic heterocycles. The lowest BCUT2D eigenvalue weighted by atomic mass is 10.2. The van der Waals surface area contributed by atoms with Crippen LogP contribution in [0.4, 0.5) is 0 Å². The first-order valence-electron chi connectivity index (χ1n) is 5.62. The van der Waals surface area contributed by atoms with Gasteiger partial charge < -0.3 is 4.74 Å². The van der Waals surface area contributed by atoms with Crippen molar-refractivity contribution in [2.45, 2.75) is 26.8 Å². The minimum absolute atomic E-state index is 0.0852. The number of sulfonamides is 1. The number of rotatable bonds is 6. The molecule has 0 fully saturated rings. The Balaban J connectivity index is 2.43. The topological polar surface area (TPSA) is 55.4 Å². The van der Waals surface area contributed by atoms with Crippen LogP contribution in [-0.4, -0.2) is 26.8 Å². The van der Waals surface area contributed by atoms with Gasteiger partial charge in [-0.3, -0.25) is 0 Å². The normalized spacial score (nSPS) is 13.4. The van der Waals surface area contributed by atoms with E-state index in [0.717, 1.165) is 11.3 Å². The van der Waals surface area contributed by atoms with Crippen molar-refractivity contribution >= 4 is 10.0 Å². The molecule has 4 nitrogen and oxygen atoms in total. The molecule has 0 unspecified atom stereocenters. The lowest BCUT2D eigenvalue weighted by molar-refractivity contribution is 0.287. The summed E-state index contributed by atoms with van der Waals surface area (Å²) in [6, 6.07) is 7.42. The number of nitrogens with one attached hydrogen (secondary N) is 1. The van der Waals surface area contributed by atoms with E-state index in [9.17, 15) is 8.42 Å². The first-order chi connectivity index (χ1) is 7.93. The monoisotopic (exact) mass is 257 g/mol. The highest BCUT2D eigenvalue weighted by atomic mass is 32.2. The molecule has 0 aliphatic carbocycles. The largest absolute Gasteiger partial charge is 0.492 e. The van der Waals surface area contributed by atoms with Gasteiger partial charge in [-0.05, 0) is 32.9 Å². The van der Waals surface area contributed by atoms with Crippen LogP contribution >= 0.6 is 0 Å². The van der Waals surface area contributed by atoms with Crippen LogP contribution in [-0.2, 0) is 10.0 Å². The molecule has 0 heterocycles. The second kappa shape index (κ2) is 6.02. The van der Waals surface area contributed by atoms with Gasteiger partial charge in [0.2, 0.25) is 10.0 Å². The number of aryl methyl sites for hydroxylation is 1. The molecule has 0 aromatic heterocycles. The summed E-state index contributed by atoms with van der Waals surface area (Å²) in [7, 11) is -3.16. The molecule has 1 N–H and O–H groups in total. The van der Waals surface area contributed by atoms with Crippen molar-refractivity contribution in [2.24, 2.45) is 0 Å². The van der Waals surface area contributed by atoms with E-state index in [-0.39, 0.29) is 11.8 Å². The maximum atomic E-state index is 11.3. The fraction of sp³-hybridized carbons (Fsp3) is 0.500. The molecule has 1 atom stereocenters. The van der Waals surface area contributed by atoms with Crippen LogP contribution in [0.15, 0.2) is 24.3 Å². The Morgan fingerprint density at radius 1 is 1.29 bits per heavy atom. The zero-order chi connectivity index (χ0) is 12.9. The van der Waals surface area contributed by atoms with E-state index in [1.165, 1.54) is 0 Å². The second-order valence-corrected chi connectivity index (χ2v) is 6.09. The van der Waals surface area contributed by atoms with Gasteiger partial charge in [0.1, 0.15) is 12.4 Å². The molecule has 1 aromatic rings. The Kier molecular flexibility index (Phi) is 4.96. The van der Waals surface area contributed by atoms with Crippen molar-refractivity contribution in [3.63, 3.8) is 0 Å². The molecule has 0 amide bonds. The van der Waals surface area contributed by atoms with E-state index < -0.39 is 10.0 Å². The lowest BCUT2D eigenvalue weighted by Gasteiger charge is -2.14. The van der Waals surface area contributed by atoms with E-state index in [2.05, 4.69) is 4.72 Å². The molecule has 17 heavy (non-hydrogen) atoms. The highest BCUT2D eigenvalue weighted by Gasteiger charge is 2.12. The van der Waals surface area contributed by atoms with Crippen LogP contribution in [0.1, 0.15) is 19.4 Å². The summed E-state index contributed by atoms with van der Waals surface area (Å²) in [5.74, 6) is 0.833. The molecular weight excluding hydrogens is 238 g/mol. The molecule has 96 valence electrons. The van der Waals surface area contributed by atoms with Crippen LogP contribution in [0.3, 0.4) is 0 Å². The van der Waals surface area contributed by atoms with Gasteiger partial charge in [0.25, 0.3) is 0 Å². The summed E-state index contributed by atoms with van der Waals surface area (Å²) in [6.07, 6.45) is 0. The third kappa shape index (κ3) is 5.19. The third-order valence-corrected chi connectivity index (χ3v) is 3.80. The van der Waals surface area contributed by atoms with Crippen LogP contribution in [0.5, 0.6) is 5.75 Å². The summed E-state index contributed by atoms with van der Waals surface area (Å²) >= 11 is 0. The van der Waals surface area contributed by atoms with Gasteiger partial charge in [0.05, 0.1) is 11.8 Å². The summed E-state index contributed by atoms with van der Waals surface area (Å²) in [6.45, 7) is 5.71. The molecule has 0 bridgehead atoms.